The van der Waals surface area contributed by atoms with Gasteiger partial charge in [0.2, 0.25) is 0 Å². The Labute approximate surface area is 202 Å². The average molecular weight is 471 g/mol. The van der Waals surface area contributed by atoms with Gasteiger partial charge >= 0.3 is 5.97 Å². The minimum atomic E-state index is -0.415. The van der Waals surface area contributed by atoms with Crippen molar-refractivity contribution in [2.75, 3.05) is 7.11 Å². The van der Waals surface area contributed by atoms with Crippen LogP contribution in [-0.4, -0.2) is 33.1 Å². The van der Waals surface area contributed by atoms with E-state index in [-0.39, 0.29) is 12.1 Å². The zero-order valence-electron chi connectivity index (χ0n) is 18.4. The number of carbonyl (C=O) groups excluding carboxylic acids is 1. The second kappa shape index (κ2) is 9.44. The van der Waals surface area contributed by atoms with Crippen molar-refractivity contribution in [3.63, 3.8) is 0 Å². The van der Waals surface area contributed by atoms with Gasteiger partial charge in [0.05, 0.1) is 24.4 Å². The van der Waals surface area contributed by atoms with E-state index in [4.69, 9.17) is 21.4 Å². The molecule has 0 spiro atoms. The van der Waals surface area contributed by atoms with Crippen LogP contribution in [0.2, 0.25) is 0 Å². The number of nitrogens with one attached hydrogen (secondary N) is 1. The van der Waals surface area contributed by atoms with Gasteiger partial charge in [0, 0.05) is 30.7 Å². The Bertz CT molecular complexity index is 1310. The number of aromatic nitrogens is 2. The third kappa shape index (κ3) is 4.15. The number of benzene rings is 1. The number of pyridine rings is 2. The Morgan fingerprint density at radius 2 is 1.94 bits per heavy atom. The molecule has 170 valence electrons. The normalized spacial score (nSPS) is 17.4. The largest absolute Gasteiger partial charge is 0.465 e. The van der Waals surface area contributed by atoms with Crippen LogP contribution in [0, 0.1) is 0 Å². The predicted molar refractivity (Wildman–Crippen MR) is 131 cm³/mol. The number of hydrogen-bond donors (Lipinski definition) is 1. The quantitative estimate of drug-likeness (QED) is 0.321. The number of rotatable bonds is 6. The van der Waals surface area contributed by atoms with Crippen LogP contribution in [0.25, 0.3) is 11.3 Å². The van der Waals surface area contributed by atoms with Gasteiger partial charge in [0.25, 0.3) is 0 Å². The summed E-state index contributed by atoms with van der Waals surface area (Å²) in [7, 11) is 1.37. The van der Waals surface area contributed by atoms with Crippen molar-refractivity contribution in [2.24, 2.45) is 0 Å². The average Bonchev–Trinajstić information content (AvgIpc) is 3.49. The Kier molecular flexibility index (Phi) is 6.05. The maximum atomic E-state index is 12.3. The van der Waals surface area contributed by atoms with E-state index in [2.05, 4.69) is 20.2 Å². The Morgan fingerprint density at radius 3 is 2.71 bits per heavy atom. The number of ether oxygens (including phenoxy) is 1. The molecule has 5 rings (SSSR count). The summed E-state index contributed by atoms with van der Waals surface area (Å²) in [6, 6.07) is 20.3. The van der Waals surface area contributed by atoms with Crippen molar-refractivity contribution < 1.29 is 13.9 Å². The molecule has 4 aromatic rings. The van der Waals surface area contributed by atoms with Gasteiger partial charge < -0.3 is 19.4 Å². The van der Waals surface area contributed by atoms with Crippen molar-refractivity contribution in [1.29, 1.82) is 0 Å². The van der Waals surface area contributed by atoms with E-state index in [0.29, 0.717) is 34.3 Å². The maximum Gasteiger partial charge on any atom is 0.338 e. The molecule has 0 amide bonds. The van der Waals surface area contributed by atoms with Gasteiger partial charge in [0.1, 0.15) is 17.6 Å². The molecular weight excluding hydrogens is 448 g/mol. The topological polar surface area (TPSA) is 80.5 Å². The number of furan rings is 1. The molecule has 0 bridgehead atoms. The van der Waals surface area contributed by atoms with Crippen molar-refractivity contribution in [2.45, 2.75) is 18.6 Å². The van der Waals surface area contributed by atoms with E-state index in [1.807, 2.05) is 60.8 Å². The van der Waals surface area contributed by atoms with Gasteiger partial charge in [0.15, 0.2) is 5.11 Å². The number of thiocarbonyl (C=S) groups is 1. The monoisotopic (exact) mass is 470 g/mol. The molecule has 2 unspecified atom stereocenters. The predicted octanol–water partition coefficient (Wildman–Crippen LogP) is 4.70. The van der Waals surface area contributed by atoms with Gasteiger partial charge in [-0.1, -0.05) is 30.3 Å². The summed E-state index contributed by atoms with van der Waals surface area (Å²) >= 11 is 5.73. The van der Waals surface area contributed by atoms with Gasteiger partial charge in [-0.2, -0.15) is 0 Å². The molecule has 4 heterocycles. The Morgan fingerprint density at radius 1 is 1.09 bits per heavy atom. The van der Waals surface area contributed by atoms with E-state index < -0.39 is 5.97 Å². The minimum absolute atomic E-state index is 0.208. The zero-order valence-corrected chi connectivity index (χ0v) is 19.2. The molecule has 0 saturated carbocycles. The molecule has 0 radical (unpaired) electrons. The fourth-order valence-electron chi connectivity index (χ4n) is 4.22. The van der Waals surface area contributed by atoms with Gasteiger partial charge in [-0.25, -0.2) is 4.79 Å². The van der Waals surface area contributed by atoms with E-state index in [0.717, 1.165) is 11.3 Å². The number of nitrogens with zero attached hydrogens (tertiary/aromatic N) is 3. The zero-order chi connectivity index (χ0) is 23.5. The summed E-state index contributed by atoms with van der Waals surface area (Å²) in [6.45, 7) is 0.558. The fraction of sp³-hybridized carbons (Fsp3) is 0.154. The smallest absolute Gasteiger partial charge is 0.338 e. The van der Waals surface area contributed by atoms with E-state index in [1.165, 1.54) is 7.11 Å². The molecule has 1 fully saturated rings. The van der Waals surface area contributed by atoms with Crippen molar-refractivity contribution in [3.8, 4) is 11.3 Å². The first-order valence-corrected chi connectivity index (χ1v) is 11.2. The van der Waals surface area contributed by atoms with Crippen molar-refractivity contribution in [1.82, 2.24) is 20.2 Å². The van der Waals surface area contributed by atoms with Crippen LogP contribution in [0.3, 0.4) is 0 Å². The molecule has 1 N–H and O–H groups in total. The summed E-state index contributed by atoms with van der Waals surface area (Å²) in [5.74, 6) is 0.873. The third-order valence-corrected chi connectivity index (χ3v) is 6.14. The van der Waals surface area contributed by atoms with Gasteiger partial charge in [-0.15, -0.1) is 0 Å². The van der Waals surface area contributed by atoms with E-state index >= 15 is 0 Å². The summed E-state index contributed by atoms with van der Waals surface area (Å²) in [4.78, 5) is 23.2. The Balaban J connectivity index is 1.55. The number of hydrogen-bond acceptors (Lipinski definition) is 6. The molecular formula is C26H22N4O3S. The molecule has 1 saturated heterocycles. The SMILES string of the molecule is COC(=O)c1ccccc1-c1ccc(C2C(c3ccccn3)NC(=S)N2Cc2cccnc2)o1. The third-order valence-electron chi connectivity index (χ3n) is 5.79. The molecule has 3 aromatic heterocycles. The van der Waals surface area contributed by atoms with Gasteiger partial charge in [-0.05, 0) is 54.2 Å². The molecule has 1 aliphatic rings. The van der Waals surface area contributed by atoms with Crippen LogP contribution in [0.4, 0.5) is 0 Å². The maximum absolute atomic E-state index is 12.3. The minimum Gasteiger partial charge on any atom is -0.465 e. The fourth-order valence-corrected chi connectivity index (χ4v) is 4.52. The summed E-state index contributed by atoms with van der Waals surface area (Å²) in [5.41, 5.74) is 3.00. The first kappa shape index (κ1) is 21.8. The van der Waals surface area contributed by atoms with Crippen LogP contribution < -0.4 is 5.32 Å². The van der Waals surface area contributed by atoms with Crippen LogP contribution in [0.1, 0.15) is 39.5 Å². The summed E-state index contributed by atoms with van der Waals surface area (Å²) in [6.07, 6.45) is 5.34. The first-order valence-electron chi connectivity index (χ1n) is 10.8. The number of carbonyl (C=O) groups is 1. The second-order valence-electron chi connectivity index (χ2n) is 7.85. The molecule has 1 aliphatic heterocycles. The summed E-state index contributed by atoms with van der Waals surface area (Å²) in [5, 5.41) is 4.03. The van der Waals surface area contributed by atoms with E-state index in [9.17, 15) is 4.79 Å². The van der Waals surface area contributed by atoms with Crippen LogP contribution in [0.15, 0.2) is 89.7 Å². The highest BCUT2D eigenvalue weighted by Gasteiger charge is 2.41. The molecule has 7 nitrogen and oxygen atoms in total. The second-order valence-corrected chi connectivity index (χ2v) is 8.24. The Hall–Kier alpha value is -4.04. The van der Waals surface area contributed by atoms with Crippen LogP contribution in [-0.2, 0) is 11.3 Å². The lowest BCUT2D eigenvalue weighted by Gasteiger charge is -2.26. The lowest BCUT2D eigenvalue weighted by Crippen LogP contribution is -2.29. The standard InChI is InChI=1S/C26H22N4O3S/c1-32-25(31)19-9-3-2-8-18(19)21-11-12-22(33-21)24-23(20-10-4-5-14-28-20)29-26(34)30(24)16-17-7-6-13-27-15-17/h2-15,23-24H,16H2,1H3,(H,29,34). The summed E-state index contributed by atoms with van der Waals surface area (Å²) < 4.78 is 11.3. The molecule has 8 heteroatoms. The lowest BCUT2D eigenvalue weighted by molar-refractivity contribution is 0.0601. The molecule has 0 aliphatic carbocycles. The van der Waals surface area contributed by atoms with Crippen molar-refractivity contribution in [3.05, 3.63) is 108 Å². The van der Waals surface area contributed by atoms with Gasteiger partial charge in [-0.3, -0.25) is 9.97 Å². The van der Waals surface area contributed by atoms with E-state index in [1.54, 1.807) is 24.5 Å². The first-order chi connectivity index (χ1) is 16.7. The highest BCUT2D eigenvalue weighted by atomic mass is 32.1. The van der Waals surface area contributed by atoms with Crippen LogP contribution in [0.5, 0.6) is 0 Å². The molecule has 2 atom stereocenters. The lowest BCUT2D eigenvalue weighted by atomic mass is 10.0. The van der Waals surface area contributed by atoms with Crippen molar-refractivity contribution >= 4 is 23.3 Å². The highest BCUT2D eigenvalue weighted by molar-refractivity contribution is 7.80. The highest BCUT2D eigenvalue weighted by Crippen LogP contribution is 2.41. The van der Waals surface area contributed by atoms with Crippen LogP contribution >= 0.6 is 12.2 Å². The molecule has 1 aromatic carbocycles. The molecule has 34 heavy (non-hydrogen) atoms. The number of methoxy groups -OCH3 is 1. The number of esters is 1.